The number of hydrogen-bond acceptors (Lipinski definition) is 3. The Hall–Kier alpha value is -1.74. The van der Waals surface area contributed by atoms with Crippen molar-refractivity contribution in [2.45, 2.75) is 0 Å². The van der Waals surface area contributed by atoms with Gasteiger partial charge in [0.15, 0.2) is 17.4 Å². The number of methoxy groups -OCH3 is 1. The average molecular weight is 185 g/mol. The topological polar surface area (TPSA) is 38.7 Å². The molecule has 0 saturated heterocycles. The van der Waals surface area contributed by atoms with Gasteiger partial charge in [-0.25, -0.2) is 13.6 Å². The van der Waals surface area contributed by atoms with Crippen molar-refractivity contribution in [3.63, 3.8) is 0 Å². The molecule has 0 spiro atoms. The molecular weight excluding hydrogens is 180 g/mol. The lowest BCUT2D eigenvalue weighted by Gasteiger charge is -2.03. The van der Waals surface area contributed by atoms with E-state index in [0.29, 0.717) is 0 Å². The third kappa shape index (κ3) is 1.71. The first-order valence-electron chi connectivity index (χ1n) is 3.30. The number of isocyanates is 1. The number of hydrogen-bond donors (Lipinski definition) is 0. The van der Waals surface area contributed by atoms with Crippen molar-refractivity contribution in [2.24, 2.45) is 4.99 Å². The summed E-state index contributed by atoms with van der Waals surface area (Å²) in [7, 11) is 1.12. The van der Waals surface area contributed by atoms with Gasteiger partial charge in [-0.15, -0.1) is 0 Å². The van der Waals surface area contributed by atoms with Crippen LogP contribution in [0.3, 0.4) is 0 Å². The Morgan fingerprint density at radius 2 is 2.15 bits per heavy atom. The normalized spacial score (nSPS) is 9.15. The van der Waals surface area contributed by atoms with Crippen LogP contribution in [-0.4, -0.2) is 13.2 Å². The Kier molecular flexibility index (Phi) is 2.72. The summed E-state index contributed by atoms with van der Waals surface area (Å²) < 4.78 is 30.3. The van der Waals surface area contributed by atoms with Gasteiger partial charge < -0.3 is 4.74 Å². The Balaban J connectivity index is 3.35. The highest BCUT2D eigenvalue weighted by molar-refractivity contribution is 5.53. The van der Waals surface area contributed by atoms with Crippen LogP contribution in [-0.2, 0) is 4.79 Å². The van der Waals surface area contributed by atoms with Crippen LogP contribution < -0.4 is 4.74 Å². The van der Waals surface area contributed by atoms with E-state index in [2.05, 4.69) is 9.73 Å². The molecule has 13 heavy (non-hydrogen) atoms. The maximum Gasteiger partial charge on any atom is 0.240 e. The van der Waals surface area contributed by atoms with E-state index in [0.717, 1.165) is 25.3 Å². The second-order valence-electron chi connectivity index (χ2n) is 2.12. The molecule has 0 fully saturated rings. The molecule has 1 aromatic carbocycles. The molecule has 68 valence electrons. The molecule has 3 nitrogen and oxygen atoms in total. The summed E-state index contributed by atoms with van der Waals surface area (Å²) in [4.78, 5) is 12.8. The molecule has 0 aliphatic rings. The molecule has 0 aromatic heterocycles. The van der Waals surface area contributed by atoms with E-state index >= 15 is 0 Å². The molecule has 5 heteroatoms. The third-order valence-electron chi connectivity index (χ3n) is 1.40. The summed E-state index contributed by atoms with van der Waals surface area (Å²) >= 11 is 0. The fourth-order valence-corrected chi connectivity index (χ4v) is 0.845. The molecule has 1 rings (SSSR count). The summed E-state index contributed by atoms with van der Waals surface area (Å²) in [5.41, 5.74) is -0.298. The van der Waals surface area contributed by atoms with E-state index < -0.39 is 17.4 Å². The van der Waals surface area contributed by atoms with Gasteiger partial charge in [0.2, 0.25) is 6.08 Å². The van der Waals surface area contributed by atoms with Crippen molar-refractivity contribution in [3.05, 3.63) is 23.8 Å². The lowest BCUT2D eigenvalue weighted by molar-refractivity contribution is 0.360. The van der Waals surface area contributed by atoms with Crippen LogP contribution in [0.25, 0.3) is 0 Å². The van der Waals surface area contributed by atoms with Gasteiger partial charge in [-0.3, -0.25) is 0 Å². The van der Waals surface area contributed by atoms with Gasteiger partial charge in [-0.05, 0) is 12.1 Å². The van der Waals surface area contributed by atoms with E-state index in [-0.39, 0.29) is 5.69 Å². The van der Waals surface area contributed by atoms with Gasteiger partial charge in [0.05, 0.1) is 7.11 Å². The molecule has 0 unspecified atom stereocenters. The highest BCUT2D eigenvalue weighted by Gasteiger charge is 2.13. The van der Waals surface area contributed by atoms with E-state index in [1.807, 2.05) is 0 Å². The number of rotatable bonds is 2. The number of halogens is 2. The first-order chi connectivity index (χ1) is 6.20. The van der Waals surface area contributed by atoms with Crippen LogP contribution >= 0.6 is 0 Å². The Morgan fingerprint density at radius 3 is 2.69 bits per heavy atom. The zero-order valence-electron chi connectivity index (χ0n) is 6.67. The molecule has 0 amide bonds. The first-order valence-corrected chi connectivity index (χ1v) is 3.30. The van der Waals surface area contributed by atoms with E-state index in [4.69, 9.17) is 0 Å². The number of benzene rings is 1. The third-order valence-corrected chi connectivity index (χ3v) is 1.40. The summed E-state index contributed by atoms with van der Waals surface area (Å²) in [6.45, 7) is 0. The van der Waals surface area contributed by atoms with E-state index in [9.17, 15) is 13.6 Å². The molecule has 0 aliphatic carbocycles. The van der Waals surface area contributed by atoms with Crippen LogP contribution in [0.5, 0.6) is 5.75 Å². The molecule has 1 aromatic rings. The average Bonchev–Trinajstić information content (AvgIpc) is 2.11. The maximum absolute atomic E-state index is 13.1. The summed E-state index contributed by atoms with van der Waals surface area (Å²) in [5.74, 6) is -2.41. The molecule has 0 N–H and O–H groups in total. The monoisotopic (exact) mass is 185 g/mol. The van der Waals surface area contributed by atoms with Crippen molar-refractivity contribution >= 4 is 11.8 Å². The van der Waals surface area contributed by atoms with Gasteiger partial charge in [-0.1, -0.05) is 0 Å². The predicted molar refractivity (Wildman–Crippen MR) is 40.7 cm³/mol. The largest absolute Gasteiger partial charge is 0.491 e. The fourth-order valence-electron chi connectivity index (χ4n) is 0.845. The molecule has 0 atom stereocenters. The fraction of sp³-hybridized carbons (Fsp3) is 0.125. The molecule has 0 saturated carbocycles. The lowest BCUT2D eigenvalue weighted by Crippen LogP contribution is -1.92. The SMILES string of the molecule is COc1c(F)ccc(N=C=O)c1F. The molecule has 0 radical (unpaired) electrons. The van der Waals surface area contributed by atoms with E-state index in [1.54, 1.807) is 0 Å². The minimum atomic E-state index is -1.01. The van der Waals surface area contributed by atoms with Crippen LogP contribution in [0.1, 0.15) is 0 Å². The number of nitrogens with zero attached hydrogens (tertiary/aromatic N) is 1. The number of carbonyl (C=O) groups excluding carboxylic acids is 1. The number of aliphatic imine (C=N–C) groups is 1. The quantitative estimate of drug-likeness (QED) is 0.521. The van der Waals surface area contributed by atoms with Gasteiger partial charge in [0.1, 0.15) is 5.69 Å². The second-order valence-corrected chi connectivity index (χ2v) is 2.12. The number of ether oxygens (including phenoxy) is 1. The zero-order chi connectivity index (χ0) is 9.84. The lowest BCUT2D eigenvalue weighted by atomic mass is 10.3. The van der Waals surface area contributed by atoms with Crippen molar-refractivity contribution < 1.29 is 18.3 Å². The van der Waals surface area contributed by atoms with Crippen LogP contribution in [0.4, 0.5) is 14.5 Å². The Labute approximate surface area is 72.7 Å². The Bertz CT molecular complexity index is 373. The molecule has 0 heterocycles. The molecular formula is C8H5F2NO2. The summed E-state index contributed by atoms with van der Waals surface area (Å²) in [6, 6.07) is 1.98. The second kappa shape index (κ2) is 3.78. The summed E-state index contributed by atoms with van der Waals surface area (Å²) in [5, 5.41) is 0. The van der Waals surface area contributed by atoms with Gasteiger partial charge >= 0.3 is 0 Å². The van der Waals surface area contributed by atoms with E-state index in [1.165, 1.54) is 0 Å². The Morgan fingerprint density at radius 1 is 1.46 bits per heavy atom. The van der Waals surface area contributed by atoms with Crippen molar-refractivity contribution in [2.75, 3.05) is 7.11 Å². The highest BCUT2D eigenvalue weighted by Crippen LogP contribution is 2.28. The van der Waals surface area contributed by atoms with Gasteiger partial charge in [0, 0.05) is 0 Å². The van der Waals surface area contributed by atoms with Crippen LogP contribution in [0.2, 0.25) is 0 Å². The molecule has 0 aliphatic heterocycles. The predicted octanol–water partition coefficient (Wildman–Crippen LogP) is 1.94. The standard InChI is InChI=1S/C8H5F2NO2/c1-13-8-5(9)2-3-6(7(8)10)11-4-12/h2-3H,1H3. The first kappa shape index (κ1) is 9.35. The minimum Gasteiger partial charge on any atom is -0.491 e. The smallest absolute Gasteiger partial charge is 0.240 e. The van der Waals surface area contributed by atoms with Gasteiger partial charge in [0.25, 0.3) is 0 Å². The van der Waals surface area contributed by atoms with Crippen LogP contribution in [0, 0.1) is 11.6 Å². The highest BCUT2D eigenvalue weighted by atomic mass is 19.1. The maximum atomic E-state index is 13.1. The van der Waals surface area contributed by atoms with Gasteiger partial charge in [-0.2, -0.15) is 4.99 Å². The summed E-state index contributed by atoms with van der Waals surface area (Å²) in [6.07, 6.45) is 1.15. The minimum absolute atomic E-state index is 0.298. The van der Waals surface area contributed by atoms with Crippen molar-refractivity contribution in [1.82, 2.24) is 0 Å². The van der Waals surface area contributed by atoms with Crippen molar-refractivity contribution in [3.8, 4) is 5.75 Å². The molecule has 0 bridgehead atoms. The van der Waals surface area contributed by atoms with Crippen LogP contribution in [0.15, 0.2) is 17.1 Å². The van der Waals surface area contributed by atoms with Crippen molar-refractivity contribution in [1.29, 1.82) is 0 Å². The zero-order valence-corrected chi connectivity index (χ0v) is 6.67.